The zero-order valence-corrected chi connectivity index (χ0v) is 23.5. The van der Waals surface area contributed by atoms with Crippen molar-refractivity contribution in [2.75, 3.05) is 0 Å². The molecule has 2 aromatic heterocycles. The van der Waals surface area contributed by atoms with E-state index in [1.165, 1.54) is 10.8 Å². The van der Waals surface area contributed by atoms with Crippen molar-refractivity contribution < 1.29 is 0 Å². The van der Waals surface area contributed by atoms with Gasteiger partial charge in [0.25, 0.3) is 5.56 Å². The monoisotopic (exact) mass is 549 g/mol. The van der Waals surface area contributed by atoms with Gasteiger partial charge in [0.05, 0.1) is 11.0 Å². The average molecular weight is 550 g/mol. The van der Waals surface area contributed by atoms with Crippen molar-refractivity contribution in [2.45, 2.75) is 0 Å². The topological polar surface area (TPSA) is 21.5 Å². The Bertz CT molecular complexity index is 2490. The van der Waals surface area contributed by atoms with Gasteiger partial charge in [-0.05, 0) is 85.9 Å². The van der Waals surface area contributed by atoms with Gasteiger partial charge in [-0.1, -0.05) is 116 Å². The largest absolute Gasteiger partial charge is 0.275 e. The van der Waals surface area contributed by atoms with Gasteiger partial charge in [0.15, 0.2) is 0 Å². The van der Waals surface area contributed by atoms with Crippen LogP contribution in [0.25, 0.3) is 76.6 Å². The van der Waals surface area contributed by atoms with Gasteiger partial charge in [0, 0.05) is 21.5 Å². The van der Waals surface area contributed by atoms with Gasteiger partial charge in [-0.2, -0.15) is 0 Å². The predicted molar refractivity (Wildman–Crippen MR) is 184 cm³/mol. The Kier molecular flexibility index (Phi) is 5.63. The number of hydrogen-bond donors (Lipinski definition) is 0. The smallest absolute Gasteiger partial charge is 0.263 e. The van der Waals surface area contributed by atoms with Crippen LogP contribution in [0.15, 0.2) is 158 Å². The van der Waals surface area contributed by atoms with Crippen molar-refractivity contribution in [3.63, 3.8) is 0 Å². The standard InChI is InChI=1S/C41H27NO/c1-3-11-26(4-2)29-19-21-39-36(22-29)38-25-31(27-12-6-5-7-13-27)24-37-35-23-30(18-20-34(35)41(43)42(39)40(37)38)33-17-10-15-28-14-8-9-16-32(28)33/h3-25H,1-2H2/b26-11+. The summed E-state index contributed by atoms with van der Waals surface area (Å²) in [5.41, 5.74) is 8.39. The van der Waals surface area contributed by atoms with Crippen molar-refractivity contribution in [2.24, 2.45) is 0 Å². The van der Waals surface area contributed by atoms with E-state index in [-0.39, 0.29) is 5.56 Å². The first-order chi connectivity index (χ1) is 21.2. The molecule has 2 heterocycles. The third-order valence-corrected chi connectivity index (χ3v) is 8.66. The lowest BCUT2D eigenvalue weighted by Crippen LogP contribution is -2.13. The van der Waals surface area contributed by atoms with Gasteiger partial charge in [-0.3, -0.25) is 9.20 Å². The second kappa shape index (κ2) is 9.68. The van der Waals surface area contributed by atoms with Gasteiger partial charge in [-0.25, -0.2) is 0 Å². The van der Waals surface area contributed by atoms with Gasteiger partial charge < -0.3 is 0 Å². The van der Waals surface area contributed by atoms with Crippen LogP contribution in [0.5, 0.6) is 0 Å². The Balaban J connectivity index is 1.53. The molecule has 0 amide bonds. The summed E-state index contributed by atoms with van der Waals surface area (Å²) in [6, 6.07) is 42.4. The number of pyridine rings is 1. The first-order valence-electron chi connectivity index (χ1n) is 14.5. The molecule has 0 bridgehead atoms. The molecule has 0 spiro atoms. The van der Waals surface area contributed by atoms with E-state index >= 15 is 0 Å². The first kappa shape index (κ1) is 25.0. The molecular formula is C41H27NO. The normalized spacial score (nSPS) is 12.1. The lowest BCUT2D eigenvalue weighted by atomic mass is 9.93. The quantitative estimate of drug-likeness (QED) is 0.155. The van der Waals surface area contributed by atoms with Crippen molar-refractivity contribution in [3.05, 3.63) is 169 Å². The van der Waals surface area contributed by atoms with Crippen molar-refractivity contribution in [1.82, 2.24) is 4.40 Å². The fourth-order valence-electron chi connectivity index (χ4n) is 6.67. The highest BCUT2D eigenvalue weighted by Gasteiger charge is 2.20. The van der Waals surface area contributed by atoms with Crippen LogP contribution < -0.4 is 5.56 Å². The molecule has 43 heavy (non-hydrogen) atoms. The minimum Gasteiger partial charge on any atom is -0.275 e. The molecule has 6 aromatic carbocycles. The predicted octanol–water partition coefficient (Wildman–Crippen LogP) is 10.4. The number of rotatable bonds is 5. The van der Waals surface area contributed by atoms with E-state index in [1.807, 2.05) is 28.7 Å². The zero-order chi connectivity index (χ0) is 29.1. The SMILES string of the molecule is C=C/C=C(\C=C)c1ccc2c(c1)c1cc(-c3ccccc3)cc3c4cc(-c5cccc6ccccc56)ccc4c(=O)n2c31. The zero-order valence-electron chi connectivity index (χ0n) is 23.5. The Morgan fingerprint density at radius 3 is 2.14 bits per heavy atom. The summed E-state index contributed by atoms with van der Waals surface area (Å²) in [7, 11) is 0. The molecule has 0 saturated heterocycles. The molecule has 0 aliphatic carbocycles. The molecule has 8 rings (SSSR count). The number of fused-ring (bicyclic) bond motifs is 6. The average Bonchev–Trinajstić information content (AvgIpc) is 3.40. The Morgan fingerprint density at radius 2 is 1.33 bits per heavy atom. The Morgan fingerprint density at radius 1 is 0.581 bits per heavy atom. The fourth-order valence-corrected chi connectivity index (χ4v) is 6.67. The fraction of sp³-hybridized carbons (Fsp3) is 0. The van der Waals surface area contributed by atoms with Crippen LogP contribution in [0.3, 0.4) is 0 Å². The maximum atomic E-state index is 14.3. The van der Waals surface area contributed by atoms with E-state index in [0.29, 0.717) is 5.39 Å². The Labute approximate surface area is 249 Å². The van der Waals surface area contributed by atoms with Gasteiger partial charge in [0.1, 0.15) is 0 Å². The molecule has 0 N–H and O–H groups in total. The molecule has 2 heteroatoms. The lowest BCUT2D eigenvalue weighted by Gasteiger charge is -2.12. The third kappa shape index (κ3) is 3.77. The minimum atomic E-state index is -0.00208. The molecule has 0 saturated carbocycles. The maximum absolute atomic E-state index is 14.3. The highest BCUT2D eigenvalue weighted by molar-refractivity contribution is 6.22. The van der Waals surface area contributed by atoms with E-state index in [9.17, 15) is 4.79 Å². The number of allylic oxidation sites excluding steroid dienone is 4. The van der Waals surface area contributed by atoms with Gasteiger partial charge in [-0.15, -0.1) is 0 Å². The molecule has 0 aliphatic heterocycles. The van der Waals surface area contributed by atoms with E-state index in [0.717, 1.165) is 66.0 Å². The highest BCUT2D eigenvalue weighted by atomic mass is 16.1. The van der Waals surface area contributed by atoms with Crippen LogP contribution in [0.2, 0.25) is 0 Å². The maximum Gasteiger partial charge on any atom is 0.263 e. The summed E-state index contributed by atoms with van der Waals surface area (Å²) >= 11 is 0. The molecule has 0 unspecified atom stereocenters. The van der Waals surface area contributed by atoms with Crippen LogP contribution in [0.1, 0.15) is 5.56 Å². The Hall–Kier alpha value is -5.73. The molecule has 0 radical (unpaired) electrons. The first-order valence-corrected chi connectivity index (χ1v) is 14.5. The number of aromatic nitrogens is 1. The molecular weight excluding hydrogens is 522 g/mol. The van der Waals surface area contributed by atoms with Crippen LogP contribution in [0, 0.1) is 0 Å². The van der Waals surface area contributed by atoms with Crippen molar-refractivity contribution in [1.29, 1.82) is 0 Å². The minimum absolute atomic E-state index is 0.00208. The van der Waals surface area contributed by atoms with E-state index in [2.05, 4.69) is 122 Å². The summed E-state index contributed by atoms with van der Waals surface area (Å²) in [5.74, 6) is 0. The number of hydrogen-bond acceptors (Lipinski definition) is 1. The lowest BCUT2D eigenvalue weighted by molar-refractivity contribution is 1.21. The summed E-state index contributed by atoms with van der Waals surface area (Å²) in [5, 5.41) is 7.24. The molecule has 8 aromatic rings. The van der Waals surface area contributed by atoms with E-state index in [1.54, 1.807) is 6.08 Å². The number of nitrogens with zero attached hydrogens (tertiary/aromatic N) is 1. The molecule has 2 nitrogen and oxygen atoms in total. The van der Waals surface area contributed by atoms with Crippen LogP contribution in [-0.4, -0.2) is 4.40 Å². The van der Waals surface area contributed by atoms with E-state index in [4.69, 9.17) is 0 Å². The van der Waals surface area contributed by atoms with Crippen LogP contribution in [0.4, 0.5) is 0 Å². The van der Waals surface area contributed by atoms with Gasteiger partial charge in [0.2, 0.25) is 0 Å². The molecule has 0 atom stereocenters. The number of benzene rings is 6. The summed E-state index contributed by atoms with van der Waals surface area (Å²) in [6.07, 6.45) is 5.58. The van der Waals surface area contributed by atoms with Crippen LogP contribution >= 0.6 is 0 Å². The second-order valence-electron chi connectivity index (χ2n) is 11.0. The van der Waals surface area contributed by atoms with E-state index < -0.39 is 0 Å². The summed E-state index contributed by atoms with van der Waals surface area (Å²) < 4.78 is 1.91. The van der Waals surface area contributed by atoms with Gasteiger partial charge >= 0.3 is 0 Å². The molecule has 0 fully saturated rings. The van der Waals surface area contributed by atoms with Crippen LogP contribution in [-0.2, 0) is 0 Å². The van der Waals surface area contributed by atoms with Crippen molar-refractivity contribution >= 4 is 54.3 Å². The highest BCUT2D eigenvalue weighted by Crippen LogP contribution is 2.40. The van der Waals surface area contributed by atoms with Crippen molar-refractivity contribution in [3.8, 4) is 22.3 Å². The second-order valence-corrected chi connectivity index (χ2v) is 11.0. The summed E-state index contributed by atoms with van der Waals surface area (Å²) in [6.45, 7) is 7.89. The molecule has 202 valence electrons. The summed E-state index contributed by atoms with van der Waals surface area (Å²) in [4.78, 5) is 14.3. The molecule has 0 aliphatic rings. The third-order valence-electron chi connectivity index (χ3n) is 8.66.